The zero-order valence-corrected chi connectivity index (χ0v) is 13.2. The average molecular weight is 332 g/mol. The number of rotatable bonds is 8. The molecule has 108 valence electrons. The van der Waals surface area contributed by atoms with Crippen LogP contribution in [0.4, 0.5) is 0 Å². The molecule has 0 aliphatic heterocycles. The van der Waals surface area contributed by atoms with Crippen molar-refractivity contribution in [1.82, 2.24) is 5.48 Å². The van der Waals surface area contributed by atoms with Gasteiger partial charge in [-0.2, -0.15) is 5.48 Å². The first-order valence-electron chi connectivity index (χ1n) is 6.40. The molecule has 0 radical (unpaired) electrons. The first kappa shape index (κ1) is 16.4. The fourth-order valence-electron chi connectivity index (χ4n) is 1.35. The Balaban J connectivity index is 2.24. The van der Waals surface area contributed by atoms with Crippen LogP contribution in [-0.2, 0) is 4.84 Å². The van der Waals surface area contributed by atoms with E-state index in [1.54, 1.807) is 0 Å². The van der Waals surface area contributed by atoms with Crippen LogP contribution in [0.15, 0.2) is 22.7 Å². The number of hydroxylamine groups is 1. The Morgan fingerprint density at radius 3 is 2.68 bits per heavy atom. The predicted molar refractivity (Wildman–Crippen MR) is 79.2 cm³/mol. The molecule has 0 saturated carbocycles. The summed E-state index contributed by atoms with van der Waals surface area (Å²) < 4.78 is 6.43. The maximum Gasteiger partial charge on any atom is 0.133 e. The molecule has 0 amide bonds. The van der Waals surface area contributed by atoms with Crippen molar-refractivity contribution in [1.29, 1.82) is 0 Å². The molecule has 1 atom stereocenters. The number of aliphatic hydroxyl groups is 1. The van der Waals surface area contributed by atoms with Crippen LogP contribution in [0.1, 0.15) is 19.4 Å². The number of aliphatic hydroxyl groups excluding tert-OH is 1. The van der Waals surface area contributed by atoms with Crippen LogP contribution in [0.2, 0.25) is 0 Å². The molecule has 2 N–H and O–H groups in total. The number of aryl methyl sites for hydroxylation is 1. The normalized spacial score (nSPS) is 12.7. The van der Waals surface area contributed by atoms with Crippen molar-refractivity contribution < 1.29 is 14.7 Å². The summed E-state index contributed by atoms with van der Waals surface area (Å²) in [4.78, 5) is 5.18. The summed E-state index contributed by atoms with van der Waals surface area (Å²) in [6.07, 6.45) is -0.611. The molecule has 0 aliphatic rings. The van der Waals surface area contributed by atoms with Crippen molar-refractivity contribution >= 4 is 15.9 Å². The van der Waals surface area contributed by atoms with Gasteiger partial charge in [-0.1, -0.05) is 19.9 Å². The maximum absolute atomic E-state index is 9.74. The summed E-state index contributed by atoms with van der Waals surface area (Å²) in [7, 11) is 0. The van der Waals surface area contributed by atoms with Gasteiger partial charge in [0.05, 0.1) is 17.6 Å². The summed E-state index contributed by atoms with van der Waals surface area (Å²) in [6, 6.07) is 5.83. The van der Waals surface area contributed by atoms with E-state index >= 15 is 0 Å². The van der Waals surface area contributed by atoms with Gasteiger partial charge in [0.2, 0.25) is 0 Å². The summed E-state index contributed by atoms with van der Waals surface area (Å²) in [6.45, 7) is 7.33. The van der Waals surface area contributed by atoms with Crippen LogP contribution in [0.5, 0.6) is 5.75 Å². The van der Waals surface area contributed by atoms with Crippen LogP contribution in [0.3, 0.4) is 0 Å². The monoisotopic (exact) mass is 331 g/mol. The first-order chi connectivity index (χ1) is 8.99. The molecule has 0 heterocycles. The van der Waals surface area contributed by atoms with Gasteiger partial charge in [-0.3, -0.25) is 0 Å². The quantitative estimate of drug-likeness (QED) is 0.568. The molecule has 0 saturated heterocycles. The van der Waals surface area contributed by atoms with E-state index in [1.807, 2.05) is 25.1 Å². The molecule has 1 rings (SSSR count). The fraction of sp³-hybridized carbons (Fsp3) is 0.571. The van der Waals surface area contributed by atoms with Crippen molar-refractivity contribution in [2.24, 2.45) is 5.92 Å². The Labute approximate surface area is 123 Å². The molecule has 0 aromatic heterocycles. The lowest BCUT2D eigenvalue weighted by atomic mass is 10.2. The van der Waals surface area contributed by atoms with Gasteiger partial charge in [0, 0.05) is 0 Å². The summed E-state index contributed by atoms with van der Waals surface area (Å²) in [5, 5.41) is 9.74. The zero-order chi connectivity index (χ0) is 14.3. The third kappa shape index (κ3) is 6.92. The molecule has 4 nitrogen and oxygen atoms in total. The van der Waals surface area contributed by atoms with Crippen LogP contribution in [-0.4, -0.2) is 31.0 Å². The molecular formula is C14H22BrNO3. The highest BCUT2D eigenvalue weighted by Gasteiger charge is 2.07. The Kier molecular flexibility index (Phi) is 7.38. The van der Waals surface area contributed by atoms with Crippen molar-refractivity contribution in [3.05, 3.63) is 28.2 Å². The second-order valence-corrected chi connectivity index (χ2v) is 5.81. The topological polar surface area (TPSA) is 50.7 Å². The second-order valence-electron chi connectivity index (χ2n) is 4.95. The first-order valence-corrected chi connectivity index (χ1v) is 7.20. The molecule has 5 heteroatoms. The number of nitrogens with one attached hydrogen (secondary N) is 1. The standard InChI is InChI=1S/C14H22BrNO3/c1-10(2)8-19-16-7-12(17)9-18-14-5-4-11(3)6-13(14)15/h4-6,10,12,16-17H,7-9H2,1-3H3. The predicted octanol–water partition coefficient (Wildman–Crippen LogP) is 2.67. The summed E-state index contributed by atoms with van der Waals surface area (Å²) in [5.41, 5.74) is 3.89. The number of ether oxygens (including phenoxy) is 1. The Morgan fingerprint density at radius 2 is 2.05 bits per heavy atom. The Morgan fingerprint density at radius 1 is 1.32 bits per heavy atom. The fourth-order valence-corrected chi connectivity index (χ4v) is 1.96. The van der Waals surface area contributed by atoms with E-state index in [0.29, 0.717) is 19.1 Å². The minimum absolute atomic E-state index is 0.222. The number of hydrogen-bond donors (Lipinski definition) is 2. The van der Waals surface area contributed by atoms with E-state index in [1.165, 1.54) is 0 Å². The van der Waals surface area contributed by atoms with E-state index in [4.69, 9.17) is 9.57 Å². The van der Waals surface area contributed by atoms with Crippen molar-refractivity contribution in [2.75, 3.05) is 19.8 Å². The van der Waals surface area contributed by atoms with Crippen LogP contribution >= 0.6 is 15.9 Å². The van der Waals surface area contributed by atoms with Gasteiger partial charge >= 0.3 is 0 Å². The Bertz CT molecular complexity index is 385. The van der Waals surface area contributed by atoms with Crippen molar-refractivity contribution in [2.45, 2.75) is 26.9 Å². The lowest BCUT2D eigenvalue weighted by Gasteiger charge is -2.15. The van der Waals surface area contributed by atoms with Crippen LogP contribution in [0.25, 0.3) is 0 Å². The van der Waals surface area contributed by atoms with Gasteiger partial charge in [0.1, 0.15) is 18.5 Å². The van der Waals surface area contributed by atoms with Gasteiger partial charge in [0.15, 0.2) is 0 Å². The third-order valence-corrected chi connectivity index (χ3v) is 2.98. The molecule has 1 unspecified atom stereocenters. The van der Waals surface area contributed by atoms with Gasteiger partial charge in [-0.15, -0.1) is 0 Å². The van der Waals surface area contributed by atoms with Gasteiger partial charge < -0.3 is 14.7 Å². The molecule has 0 bridgehead atoms. The smallest absolute Gasteiger partial charge is 0.133 e. The molecule has 0 aliphatic carbocycles. The number of benzene rings is 1. The van der Waals surface area contributed by atoms with E-state index in [-0.39, 0.29) is 6.61 Å². The van der Waals surface area contributed by atoms with Gasteiger partial charge in [-0.25, -0.2) is 0 Å². The maximum atomic E-state index is 9.74. The van der Waals surface area contributed by atoms with E-state index in [2.05, 4.69) is 35.3 Å². The van der Waals surface area contributed by atoms with Crippen molar-refractivity contribution in [3.63, 3.8) is 0 Å². The minimum atomic E-state index is -0.611. The average Bonchev–Trinajstić information content (AvgIpc) is 2.33. The molecule has 1 aromatic carbocycles. The summed E-state index contributed by atoms with van der Waals surface area (Å²) >= 11 is 3.43. The largest absolute Gasteiger partial charge is 0.490 e. The lowest BCUT2D eigenvalue weighted by molar-refractivity contribution is -0.00778. The Hall–Kier alpha value is -0.620. The van der Waals surface area contributed by atoms with E-state index in [0.717, 1.165) is 15.8 Å². The van der Waals surface area contributed by atoms with Gasteiger partial charge in [0.25, 0.3) is 0 Å². The van der Waals surface area contributed by atoms with Crippen LogP contribution in [0, 0.1) is 12.8 Å². The zero-order valence-electron chi connectivity index (χ0n) is 11.6. The van der Waals surface area contributed by atoms with E-state index in [9.17, 15) is 5.11 Å². The molecule has 0 spiro atoms. The lowest BCUT2D eigenvalue weighted by Crippen LogP contribution is -2.32. The number of halogens is 1. The SMILES string of the molecule is Cc1ccc(OCC(O)CNOCC(C)C)c(Br)c1. The molecule has 1 aromatic rings. The molecule has 19 heavy (non-hydrogen) atoms. The number of hydrogen-bond acceptors (Lipinski definition) is 4. The second kappa shape index (κ2) is 8.53. The van der Waals surface area contributed by atoms with E-state index < -0.39 is 6.10 Å². The van der Waals surface area contributed by atoms with Crippen molar-refractivity contribution in [3.8, 4) is 5.75 Å². The highest BCUT2D eigenvalue weighted by Crippen LogP contribution is 2.25. The third-order valence-electron chi connectivity index (χ3n) is 2.36. The minimum Gasteiger partial charge on any atom is -0.490 e. The molecular weight excluding hydrogens is 310 g/mol. The molecule has 0 fully saturated rings. The highest BCUT2D eigenvalue weighted by atomic mass is 79.9. The summed E-state index contributed by atoms with van der Waals surface area (Å²) in [5.74, 6) is 1.19. The van der Waals surface area contributed by atoms with Crippen LogP contribution < -0.4 is 10.2 Å². The van der Waals surface area contributed by atoms with Gasteiger partial charge in [-0.05, 0) is 46.5 Å². The highest BCUT2D eigenvalue weighted by molar-refractivity contribution is 9.10.